The first kappa shape index (κ1) is 14.0. The summed E-state index contributed by atoms with van der Waals surface area (Å²) in [4.78, 5) is 0. The summed E-state index contributed by atoms with van der Waals surface area (Å²) >= 11 is 0. The summed E-state index contributed by atoms with van der Waals surface area (Å²) in [6, 6.07) is 0. The van der Waals surface area contributed by atoms with Crippen molar-refractivity contribution >= 4 is 7.28 Å². The summed E-state index contributed by atoms with van der Waals surface area (Å²) < 4.78 is 0. The van der Waals surface area contributed by atoms with Gasteiger partial charge in [-0.05, 0) is 19.3 Å². The Morgan fingerprint density at radius 2 is 1.37 bits per heavy atom. The van der Waals surface area contributed by atoms with Gasteiger partial charge in [-0.15, -0.1) is 0 Å². The molecule has 1 saturated carbocycles. The van der Waals surface area contributed by atoms with Gasteiger partial charge in [-0.3, -0.25) is 0 Å². The molecule has 0 amide bonds. The second-order valence-electron chi connectivity index (χ2n) is 8.02. The Balaban J connectivity index is 1.67. The summed E-state index contributed by atoms with van der Waals surface area (Å²) in [7, 11) is 1.44. The second kappa shape index (κ2) is 5.80. The van der Waals surface area contributed by atoms with E-state index in [9.17, 15) is 5.11 Å². The van der Waals surface area contributed by atoms with E-state index in [0.717, 1.165) is 25.1 Å². The third-order valence-electron chi connectivity index (χ3n) is 6.35. The van der Waals surface area contributed by atoms with Crippen molar-refractivity contribution < 1.29 is 5.11 Å². The highest BCUT2D eigenvalue weighted by atomic mass is 16.3. The van der Waals surface area contributed by atoms with Crippen molar-refractivity contribution in [1.82, 2.24) is 0 Å². The van der Waals surface area contributed by atoms with Crippen LogP contribution in [0, 0.1) is 0 Å². The van der Waals surface area contributed by atoms with Gasteiger partial charge >= 0.3 is 0 Å². The van der Waals surface area contributed by atoms with Crippen LogP contribution in [-0.2, 0) is 0 Å². The molecule has 0 radical (unpaired) electrons. The van der Waals surface area contributed by atoms with Crippen LogP contribution in [0.5, 0.6) is 0 Å². The van der Waals surface area contributed by atoms with E-state index in [2.05, 4.69) is 0 Å². The summed E-state index contributed by atoms with van der Waals surface area (Å²) in [5.74, 6) is 1.000. The van der Waals surface area contributed by atoms with Crippen LogP contribution >= 0.6 is 0 Å². The van der Waals surface area contributed by atoms with Crippen LogP contribution < -0.4 is 0 Å². The Morgan fingerprint density at radius 3 is 2.00 bits per heavy atom. The molecule has 0 atom stereocenters. The topological polar surface area (TPSA) is 20.2 Å². The van der Waals surface area contributed by atoms with Crippen molar-refractivity contribution in [3.05, 3.63) is 0 Å². The molecule has 2 saturated heterocycles. The van der Waals surface area contributed by atoms with Crippen molar-refractivity contribution in [2.45, 2.75) is 107 Å². The molecule has 2 bridgehead atoms. The van der Waals surface area contributed by atoms with Gasteiger partial charge in [-0.2, -0.15) is 0 Å². The van der Waals surface area contributed by atoms with E-state index in [-0.39, 0.29) is 5.60 Å². The molecule has 2 heterocycles. The molecular weight excluding hydrogens is 231 g/mol. The molecule has 0 aromatic rings. The lowest BCUT2D eigenvalue weighted by Gasteiger charge is -2.48. The fraction of sp³-hybridized carbons (Fsp3) is 1.00. The van der Waals surface area contributed by atoms with E-state index < -0.39 is 0 Å². The van der Waals surface area contributed by atoms with Gasteiger partial charge in [0.1, 0.15) is 7.28 Å². The van der Waals surface area contributed by atoms with Crippen molar-refractivity contribution in [3.63, 3.8) is 0 Å². The Labute approximate surface area is 119 Å². The van der Waals surface area contributed by atoms with Gasteiger partial charge in [0.2, 0.25) is 0 Å². The fourth-order valence-electron chi connectivity index (χ4n) is 5.51. The van der Waals surface area contributed by atoms with Gasteiger partial charge < -0.3 is 5.11 Å². The van der Waals surface area contributed by atoms with E-state index in [0.29, 0.717) is 5.31 Å². The molecule has 3 aliphatic rings. The van der Waals surface area contributed by atoms with Crippen molar-refractivity contribution in [2.75, 3.05) is 0 Å². The molecule has 1 N–H and O–H groups in total. The molecule has 108 valence electrons. The highest BCUT2D eigenvalue weighted by Crippen LogP contribution is 2.56. The average molecular weight is 262 g/mol. The van der Waals surface area contributed by atoms with Gasteiger partial charge in [0.05, 0.1) is 5.60 Å². The van der Waals surface area contributed by atoms with E-state index in [1.54, 1.807) is 0 Å². The van der Waals surface area contributed by atoms with Crippen molar-refractivity contribution in [3.8, 4) is 0 Å². The van der Waals surface area contributed by atoms with Crippen molar-refractivity contribution in [2.24, 2.45) is 0 Å². The summed E-state index contributed by atoms with van der Waals surface area (Å²) in [6.45, 7) is 0. The summed E-state index contributed by atoms with van der Waals surface area (Å²) in [6.07, 6.45) is 18.5. The Kier molecular flexibility index (Phi) is 4.27. The third-order valence-corrected chi connectivity index (χ3v) is 6.35. The van der Waals surface area contributed by atoms with Crippen molar-refractivity contribution in [1.29, 1.82) is 0 Å². The monoisotopic (exact) mass is 262 g/mol. The zero-order valence-electron chi connectivity index (χ0n) is 12.6. The molecule has 0 aromatic heterocycles. The number of hydrogen-bond acceptors (Lipinski definition) is 1. The Hall–Kier alpha value is 0.0249. The molecule has 2 aliphatic heterocycles. The highest BCUT2D eigenvalue weighted by molar-refractivity contribution is 6.42. The normalized spacial score (nSPS) is 38.9. The smallest absolute Gasteiger partial charge is 0.131 e. The van der Waals surface area contributed by atoms with E-state index in [1.807, 2.05) is 0 Å². The van der Waals surface area contributed by atoms with Gasteiger partial charge in [-0.1, -0.05) is 81.8 Å². The van der Waals surface area contributed by atoms with Crippen LogP contribution in [0.15, 0.2) is 0 Å². The molecule has 0 spiro atoms. The minimum atomic E-state index is -0.306. The molecule has 3 fully saturated rings. The summed E-state index contributed by atoms with van der Waals surface area (Å²) in [5, 5.41) is 11.7. The third kappa shape index (κ3) is 3.38. The predicted octanol–water partition coefficient (Wildman–Crippen LogP) is 4.60. The van der Waals surface area contributed by atoms with E-state index >= 15 is 0 Å². The second-order valence-corrected chi connectivity index (χ2v) is 8.02. The zero-order chi connectivity index (χ0) is 13.2. The minimum Gasteiger partial charge on any atom is -0.390 e. The zero-order valence-corrected chi connectivity index (χ0v) is 12.6. The Morgan fingerprint density at radius 1 is 0.789 bits per heavy atom. The minimum absolute atomic E-state index is 0.306. The first-order valence-electron chi connectivity index (χ1n) is 8.92. The number of aliphatic hydroxyl groups is 1. The maximum Gasteiger partial charge on any atom is 0.131 e. The van der Waals surface area contributed by atoms with E-state index in [1.165, 1.54) is 77.9 Å². The molecule has 3 rings (SSSR count). The lowest BCUT2D eigenvalue weighted by Crippen LogP contribution is -2.41. The number of rotatable bonds is 2. The van der Waals surface area contributed by atoms with Crippen LogP contribution in [0.4, 0.5) is 0 Å². The molecule has 2 heteroatoms. The lowest BCUT2D eigenvalue weighted by molar-refractivity contribution is -0.0105. The Bertz CT molecular complexity index is 284. The average Bonchev–Trinajstić information content (AvgIpc) is 2.34. The van der Waals surface area contributed by atoms with Crippen LogP contribution in [0.2, 0.25) is 11.1 Å². The molecular formula is C17H31BO. The molecule has 1 aliphatic carbocycles. The fourth-order valence-corrected chi connectivity index (χ4v) is 5.51. The molecule has 0 unspecified atom stereocenters. The maximum atomic E-state index is 11.1. The highest BCUT2D eigenvalue weighted by Gasteiger charge is 2.45. The SMILES string of the molecule is OC1(CC23BC(CCC2)CCC3)CCCCCCC1. The number of hydrogen-bond donors (Lipinski definition) is 1. The first-order chi connectivity index (χ1) is 9.20. The van der Waals surface area contributed by atoms with Crippen LogP contribution in [0.25, 0.3) is 0 Å². The first-order valence-corrected chi connectivity index (χ1v) is 8.92. The molecule has 19 heavy (non-hydrogen) atoms. The lowest BCUT2D eigenvalue weighted by atomic mass is 9.34. The summed E-state index contributed by atoms with van der Waals surface area (Å²) in [5.41, 5.74) is -0.306. The van der Waals surface area contributed by atoms with Crippen LogP contribution in [-0.4, -0.2) is 18.0 Å². The van der Waals surface area contributed by atoms with Gasteiger partial charge in [0.15, 0.2) is 0 Å². The molecule has 1 nitrogen and oxygen atoms in total. The van der Waals surface area contributed by atoms with Gasteiger partial charge in [-0.25, -0.2) is 0 Å². The van der Waals surface area contributed by atoms with Crippen LogP contribution in [0.3, 0.4) is 0 Å². The van der Waals surface area contributed by atoms with E-state index in [4.69, 9.17) is 0 Å². The molecule has 0 aromatic carbocycles. The van der Waals surface area contributed by atoms with Gasteiger partial charge in [0, 0.05) is 0 Å². The standard InChI is InChI=1S/C17H31BO/c19-17(12-4-2-1-3-5-13-17)14-16-10-6-8-15(18-16)9-7-11-16/h15,18-19H,1-14H2. The van der Waals surface area contributed by atoms with Gasteiger partial charge in [0.25, 0.3) is 0 Å². The predicted molar refractivity (Wildman–Crippen MR) is 83.2 cm³/mol. The number of fused-ring (bicyclic) bond motifs is 2. The van der Waals surface area contributed by atoms with Crippen LogP contribution in [0.1, 0.15) is 89.9 Å². The maximum absolute atomic E-state index is 11.1. The quantitative estimate of drug-likeness (QED) is 0.721. The largest absolute Gasteiger partial charge is 0.390 e.